The Kier molecular flexibility index (Phi) is 5.60. The van der Waals surface area contributed by atoms with E-state index in [1.807, 2.05) is 4.90 Å². The quantitative estimate of drug-likeness (QED) is 0.508. The van der Waals surface area contributed by atoms with Gasteiger partial charge in [0.25, 0.3) is 0 Å². The summed E-state index contributed by atoms with van der Waals surface area (Å²) in [6.45, 7) is 3.64. The summed E-state index contributed by atoms with van der Waals surface area (Å²) < 4.78 is 32.7. The topological polar surface area (TPSA) is 63.4 Å². The molecule has 0 radical (unpaired) electrons. The lowest BCUT2D eigenvalue weighted by Gasteiger charge is -2.30. The average Bonchev–Trinajstić information content (AvgIpc) is 3.16. The Bertz CT molecular complexity index is 1100. The number of sulfone groups is 1. The van der Waals surface area contributed by atoms with Crippen molar-refractivity contribution < 1.29 is 12.8 Å². The Hall–Kier alpha value is -2.02. The SMILES string of the molecule is CC1CCN(c2oc(-c3ccc(Cl)cc3)nc2S(=O)(=O)c2ccc(Cl)cc2)CC1. The lowest BCUT2D eigenvalue weighted by Crippen LogP contribution is -2.33. The highest BCUT2D eigenvalue weighted by Gasteiger charge is 2.32. The van der Waals surface area contributed by atoms with Crippen molar-refractivity contribution in [3.8, 4) is 11.5 Å². The zero-order chi connectivity index (χ0) is 20.6. The van der Waals surface area contributed by atoms with Crippen molar-refractivity contribution in [3.05, 3.63) is 58.6 Å². The van der Waals surface area contributed by atoms with Gasteiger partial charge in [-0.05, 0) is 67.3 Å². The third kappa shape index (κ3) is 4.15. The summed E-state index contributed by atoms with van der Waals surface area (Å²) in [5, 5.41) is 0.982. The maximum atomic E-state index is 13.4. The van der Waals surface area contributed by atoms with Gasteiger partial charge in [-0.1, -0.05) is 30.1 Å². The van der Waals surface area contributed by atoms with Gasteiger partial charge in [0.2, 0.25) is 26.6 Å². The Balaban J connectivity index is 1.82. The number of hydrogen-bond donors (Lipinski definition) is 0. The second kappa shape index (κ2) is 8.01. The van der Waals surface area contributed by atoms with E-state index >= 15 is 0 Å². The van der Waals surface area contributed by atoms with Crippen LogP contribution in [-0.2, 0) is 9.84 Å². The molecule has 0 amide bonds. The Morgan fingerprint density at radius 1 is 0.966 bits per heavy atom. The Labute approximate surface area is 180 Å². The van der Waals surface area contributed by atoms with Crippen LogP contribution in [0, 0.1) is 5.92 Å². The van der Waals surface area contributed by atoms with E-state index in [4.69, 9.17) is 27.6 Å². The third-order valence-corrected chi connectivity index (χ3v) is 7.29. The van der Waals surface area contributed by atoms with Crippen molar-refractivity contribution in [1.29, 1.82) is 0 Å². The predicted octanol–water partition coefficient (Wildman–Crippen LogP) is 5.72. The largest absolute Gasteiger partial charge is 0.419 e. The molecule has 8 heteroatoms. The summed E-state index contributed by atoms with van der Waals surface area (Å²) in [5.74, 6) is 1.14. The number of hydrogen-bond acceptors (Lipinski definition) is 5. The van der Waals surface area contributed by atoms with E-state index in [-0.39, 0.29) is 21.7 Å². The summed E-state index contributed by atoms with van der Waals surface area (Å²) in [6, 6.07) is 13.0. The van der Waals surface area contributed by atoms with Crippen LogP contribution in [0.1, 0.15) is 19.8 Å². The molecule has 1 aliphatic rings. The molecule has 0 aliphatic carbocycles. The molecule has 0 bridgehead atoms. The fourth-order valence-corrected chi connectivity index (χ4v) is 4.90. The summed E-state index contributed by atoms with van der Waals surface area (Å²) >= 11 is 11.9. The second-order valence-electron chi connectivity index (χ2n) is 7.26. The highest BCUT2D eigenvalue weighted by atomic mass is 35.5. The molecule has 0 spiro atoms. The molecule has 4 rings (SSSR count). The van der Waals surface area contributed by atoms with Gasteiger partial charge in [-0.2, -0.15) is 4.98 Å². The molecule has 2 heterocycles. The van der Waals surface area contributed by atoms with Crippen molar-refractivity contribution in [2.45, 2.75) is 29.7 Å². The molecule has 5 nitrogen and oxygen atoms in total. The first-order valence-corrected chi connectivity index (χ1v) is 11.6. The fourth-order valence-electron chi connectivity index (χ4n) is 3.33. The molecule has 2 aromatic carbocycles. The zero-order valence-corrected chi connectivity index (χ0v) is 18.1. The lowest BCUT2D eigenvalue weighted by atomic mass is 9.99. The number of oxazole rings is 1. The van der Waals surface area contributed by atoms with E-state index in [1.54, 1.807) is 36.4 Å². The predicted molar refractivity (Wildman–Crippen MR) is 114 cm³/mol. The molecule has 0 atom stereocenters. The van der Waals surface area contributed by atoms with Gasteiger partial charge in [0.05, 0.1) is 4.90 Å². The number of aromatic nitrogens is 1. The molecule has 0 N–H and O–H groups in total. The van der Waals surface area contributed by atoms with Gasteiger partial charge in [0.1, 0.15) is 0 Å². The highest BCUT2D eigenvalue weighted by molar-refractivity contribution is 7.91. The standard InChI is InChI=1S/C21H20Cl2N2O3S/c1-14-10-12-25(13-11-14)21-20(29(26,27)18-8-6-17(23)7-9-18)24-19(28-21)15-2-4-16(22)5-3-15/h2-9,14H,10-13H2,1H3. The monoisotopic (exact) mass is 450 g/mol. The molecule has 152 valence electrons. The molecule has 1 saturated heterocycles. The molecule has 3 aromatic rings. The van der Waals surface area contributed by atoms with E-state index in [1.165, 1.54) is 12.1 Å². The van der Waals surface area contributed by atoms with Crippen LogP contribution in [-0.4, -0.2) is 26.5 Å². The highest BCUT2D eigenvalue weighted by Crippen LogP contribution is 2.36. The van der Waals surface area contributed by atoms with Crippen molar-refractivity contribution in [1.82, 2.24) is 4.98 Å². The van der Waals surface area contributed by atoms with Crippen LogP contribution in [0.4, 0.5) is 5.88 Å². The number of anilines is 1. The van der Waals surface area contributed by atoms with Crippen molar-refractivity contribution in [2.24, 2.45) is 5.92 Å². The third-order valence-electron chi connectivity index (χ3n) is 5.12. The second-order valence-corrected chi connectivity index (χ2v) is 10.0. The van der Waals surface area contributed by atoms with E-state index in [9.17, 15) is 8.42 Å². The lowest BCUT2D eigenvalue weighted by molar-refractivity contribution is 0.416. The van der Waals surface area contributed by atoms with Gasteiger partial charge in [0.15, 0.2) is 0 Å². The zero-order valence-electron chi connectivity index (χ0n) is 15.8. The molecule has 0 saturated carbocycles. The van der Waals surface area contributed by atoms with Crippen LogP contribution >= 0.6 is 23.2 Å². The smallest absolute Gasteiger partial charge is 0.236 e. The summed E-state index contributed by atoms with van der Waals surface area (Å²) in [5.41, 5.74) is 0.665. The molecule has 1 fully saturated rings. The molecule has 1 aliphatic heterocycles. The molecular weight excluding hydrogens is 431 g/mol. The normalized spacial score (nSPS) is 15.6. The van der Waals surface area contributed by atoms with Crippen LogP contribution in [0.15, 0.2) is 62.9 Å². The van der Waals surface area contributed by atoms with Crippen LogP contribution in [0.3, 0.4) is 0 Å². The van der Waals surface area contributed by atoms with E-state index in [0.29, 0.717) is 21.5 Å². The van der Waals surface area contributed by atoms with E-state index in [2.05, 4.69) is 11.9 Å². The van der Waals surface area contributed by atoms with Crippen molar-refractivity contribution >= 4 is 38.9 Å². The van der Waals surface area contributed by atoms with Crippen LogP contribution in [0.5, 0.6) is 0 Å². The maximum absolute atomic E-state index is 13.4. The van der Waals surface area contributed by atoms with Crippen LogP contribution < -0.4 is 4.90 Å². The maximum Gasteiger partial charge on any atom is 0.236 e. The Morgan fingerprint density at radius 2 is 1.52 bits per heavy atom. The van der Waals surface area contributed by atoms with E-state index in [0.717, 1.165) is 25.9 Å². The number of rotatable bonds is 4. The summed E-state index contributed by atoms with van der Waals surface area (Å²) in [7, 11) is -3.88. The average molecular weight is 451 g/mol. The first kappa shape index (κ1) is 20.3. The molecular formula is C21H20Cl2N2O3S. The summed E-state index contributed by atoms with van der Waals surface area (Å²) in [6.07, 6.45) is 1.94. The Morgan fingerprint density at radius 3 is 2.10 bits per heavy atom. The van der Waals surface area contributed by atoms with Gasteiger partial charge in [0, 0.05) is 28.7 Å². The van der Waals surface area contributed by atoms with Gasteiger partial charge in [-0.15, -0.1) is 0 Å². The molecule has 0 unspecified atom stereocenters. The van der Waals surface area contributed by atoms with E-state index < -0.39 is 9.84 Å². The molecule has 29 heavy (non-hydrogen) atoms. The molecule has 1 aromatic heterocycles. The van der Waals surface area contributed by atoms with Crippen LogP contribution in [0.25, 0.3) is 11.5 Å². The minimum absolute atomic E-state index is 0.0701. The van der Waals surface area contributed by atoms with Gasteiger partial charge < -0.3 is 9.32 Å². The van der Waals surface area contributed by atoms with Gasteiger partial charge in [-0.25, -0.2) is 8.42 Å². The first-order chi connectivity index (χ1) is 13.8. The van der Waals surface area contributed by atoms with Gasteiger partial charge >= 0.3 is 0 Å². The summed E-state index contributed by atoms with van der Waals surface area (Å²) in [4.78, 5) is 6.50. The van der Waals surface area contributed by atoms with Gasteiger partial charge in [-0.3, -0.25) is 0 Å². The van der Waals surface area contributed by atoms with Crippen LogP contribution in [0.2, 0.25) is 10.0 Å². The minimum Gasteiger partial charge on any atom is -0.419 e. The number of piperidine rings is 1. The number of benzene rings is 2. The number of halogens is 2. The first-order valence-electron chi connectivity index (χ1n) is 9.37. The fraction of sp³-hybridized carbons (Fsp3) is 0.286. The van der Waals surface area contributed by atoms with Crippen molar-refractivity contribution in [2.75, 3.05) is 18.0 Å². The van der Waals surface area contributed by atoms with Crippen molar-refractivity contribution in [3.63, 3.8) is 0 Å². The number of nitrogens with zero attached hydrogens (tertiary/aromatic N) is 2. The minimum atomic E-state index is -3.88.